The molecule has 1 aliphatic rings. The molecule has 0 bridgehead atoms. The Hall–Kier alpha value is -1.52. The Balaban J connectivity index is 2.05. The van der Waals surface area contributed by atoms with Crippen LogP contribution in [0.15, 0.2) is 12.1 Å². The van der Waals surface area contributed by atoms with Crippen molar-refractivity contribution in [2.75, 3.05) is 0 Å². The third-order valence-electron chi connectivity index (χ3n) is 4.51. The first kappa shape index (κ1) is 15.9. The minimum atomic E-state index is -1.07. The van der Waals surface area contributed by atoms with Crippen LogP contribution in [0.2, 0.25) is 0 Å². The number of halogens is 2. The number of rotatable bonds is 5. The van der Waals surface area contributed by atoms with E-state index in [1.54, 1.807) is 0 Å². The molecule has 1 aromatic rings. The lowest BCUT2D eigenvalue weighted by Crippen LogP contribution is -2.14. The topological polar surface area (TPSA) is 43.1 Å². The van der Waals surface area contributed by atoms with E-state index in [1.165, 1.54) is 19.3 Å². The van der Waals surface area contributed by atoms with Crippen LogP contribution in [0, 0.1) is 27.7 Å². The predicted molar refractivity (Wildman–Crippen MR) is 77.2 cm³/mol. The van der Waals surface area contributed by atoms with Crippen LogP contribution in [0.4, 0.5) is 14.5 Å². The zero-order valence-corrected chi connectivity index (χ0v) is 12.3. The van der Waals surface area contributed by atoms with Crippen LogP contribution in [-0.4, -0.2) is 4.92 Å². The van der Waals surface area contributed by atoms with E-state index >= 15 is 0 Å². The molecule has 0 spiro atoms. The number of hydrogen-bond acceptors (Lipinski definition) is 2. The molecule has 0 radical (unpaired) electrons. The summed E-state index contributed by atoms with van der Waals surface area (Å²) >= 11 is 0. The van der Waals surface area contributed by atoms with E-state index in [2.05, 4.69) is 6.92 Å². The van der Waals surface area contributed by atoms with Gasteiger partial charge in [-0.2, -0.15) is 8.78 Å². The fourth-order valence-electron chi connectivity index (χ4n) is 3.27. The van der Waals surface area contributed by atoms with Crippen LogP contribution < -0.4 is 0 Å². The fourth-order valence-corrected chi connectivity index (χ4v) is 3.27. The quantitative estimate of drug-likeness (QED) is 0.544. The largest absolute Gasteiger partial charge is 0.340 e. The van der Waals surface area contributed by atoms with Crippen molar-refractivity contribution in [3.63, 3.8) is 0 Å². The van der Waals surface area contributed by atoms with Gasteiger partial charge in [0.1, 0.15) is 0 Å². The van der Waals surface area contributed by atoms with Crippen molar-refractivity contribution in [3.05, 3.63) is 39.4 Å². The van der Waals surface area contributed by atoms with Crippen LogP contribution in [0.25, 0.3) is 0 Å². The third-order valence-corrected chi connectivity index (χ3v) is 4.51. The molecule has 0 amide bonds. The van der Waals surface area contributed by atoms with Gasteiger partial charge in [-0.3, -0.25) is 10.1 Å². The van der Waals surface area contributed by atoms with Gasteiger partial charge < -0.3 is 0 Å². The Morgan fingerprint density at radius 1 is 1.19 bits per heavy atom. The van der Waals surface area contributed by atoms with Crippen LogP contribution in [0.1, 0.15) is 63.4 Å². The monoisotopic (exact) mass is 297 g/mol. The van der Waals surface area contributed by atoms with Crippen molar-refractivity contribution in [3.8, 4) is 0 Å². The molecule has 0 atom stereocenters. The van der Waals surface area contributed by atoms with Gasteiger partial charge in [-0.05, 0) is 55.2 Å². The summed E-state index contributed by atoms with van der Waals surface area (Å²) in [6, 6.07) is 2.27. The SMILES string of the molecule is CCCCC1CCC(c2cc(F)c([N+](=O)[O-])c(F)c2)CC1. The summed E-state index contributed by atoms with van der Waals surface area (Å²) in [6.45, 7) is 2.17. The summed E-state index contributed by atoms with van der Waals surface area (Å²) in [7, 11) is 0. The van der Waals surface area contributed by atoms with Gasteiger partial charge in [0.25, 0.3) is 0 Å². The summed E-state index contributed by atoms with van der Waals surface area (Å²) in [4.78, 5) is 9.60. The maximum Gasteiger partial charge on any atom is 0.340 e. The van der Waals surface area contributed by atoms with Crippen molar-refractivity contribution in [2.24, 2.45) is 5.92 Å². The van der Waals surface area contributed by atoms with E-state index in [0.29, 0.717) is 11.5 Å². The van der Waals surface area contributed by atoms with Crippen molar-refractivity contribution >= 4 is 5.69 Å². The molecule has 1 saturated carbocycles. The maximum atomic E-state index is 13.7. The normalized spacial score (nSPS) is 22.2. The third kappa shape index (κ3) is 3.77. The summed E-state index contributed by atoms with van der Waals surface area (Å²) in [5, 5.41) is 10.6. The number of benzene rings is 1. The maximum absolute atomic E-state index is 13.7. The Morgan fingerprint density at radius 2 is 1.76 bits per heavy atom. The molecule has 0 heterocycles. The first-order valence-electron chi connectivity index (χ1n) is 7.66. The molecule has 0 saturated heterocycles. The number of nitro groups is 1. The highest BCUT2D eigenvalue weighted by atomic mass is 19.1. The van der Waals surface area contributed by atoms with Gasteiger partial charge in [0, 0.05) is 0 Å². The molecule has 0 aromatic heterocycles. The zero-order valence-electron chi connectivity index (χ0n) is 12.3. The molecule has 2 rings (SSSR count). The lowest BCUT2D eigenvalue weighted by atomic mass is 9.77. The predicted octanol–water partition coefficient (Wildman–Crippen LogP) is 5.34. The molecule has 1 fully saturated rings. The van der Waals surface area contributed by atoms with Gasteiger partial charge in [0.15, 0.2) is 0 Å². The van der Waals surface area contributed by atoms with Crippen LogP contribution in [-0.2, 0) is 0 Å². The van der Waals surface area contributed by atoms with Gasteiger partial charge in [0.2, 0.25) is 11.6 Å². The standard InChI is InChI=1S/C16H21F2NO2/c1-2-3-4-11-5-7-12(8-6-11)13-9-14(17)16(19(20)21)15(18)10-13/h9-12H,2-8H2,1H3. The van der Waals surface area contributed by atoms with Gasteiger partial charge >= 0.3 is 5.69 Å². The summed E-state index contributed by atoms with van der Waals surface area (Å²) in [5.74, 6) is -1.30. The van der Waals surface area contributed by atoms with Crippen LogP contribution in [0.5, 0.6) is 0 Å². The Morgan fingerprint density at radius 3 is 2.24 bits per heavy atom. The lowest BCUT2D eigenvalue weighted by Gasteiger charge is -2.28. The first-order valence-corrected chi connectivity index (χ1v) is 7.66. The molecule has 0 N–H and O–H groups in total. The van der Waals surface area contributed by atoms with Crippen molar-refractivity contribution in [2.45, 2.75) is 57.8 Å². The van der Waals surface area contributed by atoms with Crippen molar-refractivity contribution in [1.29, 1.82) is 0 Å². The van der Waals surface area contributed by atoms with Gasteiger partial charge in [-0.25, -0.2) is 0 Å². The molecule has 116 valence electrons. The van der Waals surface area contributed by atoms with E-state index in [4.69, 9.17) is 0 Å². The molecule has 0 aliphatic heterocycles. The number of hydrogen-bond donors (Lipinski definition) is 0. The number of nitro benzene ring substituents is 1. The molecular weight excluding hydrogens is 276 g/mol. The smallest absolute Gasteiger partial charge is 0.258 e. The minimum Gasteiger partial charge on any atom is -0.258 e. The highest BCUT2D eigenvalue weighted by Crippen LogP contribution is 2.39. The van der Waals surface area contributed by atoms with E-state index in [1.807, 2.05) is 0 Å². The average Bonchev–Trinajstić information content (AvgIpc) is 2.44. The van der Waals surface area contributed by atoms with Gasteiger partial charge in [-0.15, -0.1) is 0 Å². The highest BCUT2D eigenvalue weighted by molar-refractivity contribution is 5.38. The molecular formula is C16H21F2NO2. The van der Waals surface area contributed by atoms with Gasteiger partial charge in [-0.1, -0.05) is 26.2 Å². The Bertz CT molecular complexity index is 488. The zero-order chi connectivity index (χ0) is 15.4. The van der Waals surface area contributed by atoms with Crippen molar-refractivity contribution in [1.82, 2.24) is 0 Å². The van der Waals surface area contributed by atoms with E-state index < -0.39 is 22.2 Å². The minimum absolute atomic E-state index is 0.118. The molecule has 3 nitrogen and oxygen atoms in total. The Labute approximate surface area is 123 Å². The van der Waals surface area contributed by atoms with Gasteiger partial charge in [0.05, 0.1) is 4.92 Å². The molecule has 5 heteroatoms. The number of nitrogens with zero attached hydrogens (tertiary/aromatic N) is 1. The summed E-state index contributed by atoms with van der Waals surface area (Å²) in [6.07, 6.45) is 7.62. The van der Waals surface area contributed by atoms with E-state index in [0.717, 1.165) is 37.8 Å². The fraction of sp³-hybridized carbons (Fsp3) is 0.625. The highest BCUT2D eigenvalue weighted by Gasteiger charge is 2.27. The molecule has 1 aliphatic carbocycles. The second-order valence-electron chi connectivity index (χ2n) is 5.95. The molecule has 21 heavy (non-hydrogen) atoms. The van der Waals surface area contributed by atoms with E-state index in [-0.39, 0.29) is 5.92 Å². The van der Waals surface area contributed by atoms with E-state index in [9.17, 15) is 18.9 Å². The summed E-state index contributed by atoms with van der Waals surface area (Å²) < 4.78 is 27.4. The molecule has 1 aromatic carbocycles. The van der Waals surface area contributed by atoms with Crippen LogP contribution >= 0.6 is 0 Å². The van der Waals surface area contributed by atoms with Crippen molar-refractivity contribution < 1.29 is 13.7 Å². The molecule has 0 unspecified atom stereocenters. The average molecular weight is 297 g/mol. The second kappa shape index (κ2) is 6.96. The first-order chi connectivity index (χ1) is 10.0. The number of unbranched alkanes of at least 4 members (excludes halogenated alkanes) is 1. The lowest BCUT2D eigenvalue weighted by molar-refractivity contribution is -0.390. The van der Waals surface area contributed by atoms with Crippen LogP contribution in [0.3, 0.4) is 0 Å². The summed E-state index contributed by atoms with van der Waals surface area (Å²) in [5.41, 5.74) is -0.486. The second-order valence-corrected chi connectivity index (χ2v) is 5.95. The Kier molecular flexibility index (Phi) is 5.26.